The number of nitrogens with two attached hydrogens (primary N) is 2. The van der Waals surface area contributed by atoms with E-state index in [1.165, 1.54) is 6.07 Å². The van der Waals surface area contributed by atoms with Crippen LogP contribution in [0.15, 0.2) is 18.2 Å². The van der Waals surface area contributed by atoms with Gasteiger partial charge in [-0.3, -0.25) is 4.79 Å². The molecular formula is C14H17FN4O. The molecule has 2 heterocycles. The molecule has 1 aliphatic rings. The average Bonchev–Trinajstić information content (AvgIpc) is 2.99. The van der Waals surface area contributed by atoms with Crippen molar-refractivity contribution in [2.24, 2.45) is 11.5 Å². The quantitative estimate of drug-likeness (QED) is 0.717. The van der Waals surface area contributed by atoms with E-state index in [-0.39, 0.29) is 23.8 Å². The standard InChI is InChI=1S/C14H17FN4O/c1-7-2-3-9(15)13-8(7)4-12(18-13)14(20)19-5-10(16)11(17)6-19/h2-4,10-11,18H,5-6,16-17H2,1H3/t10-,11-/m1/s1. The minimum Gasteiger partial charge on any atom is -0.348 e. The Labute approximate surface area is 115 Å². The Kier molecular flexibility index (Phi) is 2.99. The van der Waals surface area contributed by atoms with Gasteiger partial charge in [0.1, 0.15) is 11.5 Å². The van der Waals surface area contributed by atoms with Gasteiger partial charge < -0.3 is 21.4 Å². The second-order valence-corrected chi connectivity index (χ2v) is 5.37. The van der Waals surface area contributed by atoms with Gasteiger partial charge in [0.05, 0.1) is 5.52 Å². The monoisotopic (exact) mass is 276 g/mol. The minimum atomic E-state index is -0.362. The maximum Gasteiger partial charge on any atom is 0.270 e. The summed E-state index contributed by atoms with van der Waals surface area (Å²) in [6.07, 6.45) is 0. The first-order valence-electron chi connectivity index (χ1n) is 6.55. The number of nitrogens with zero attached hydrogens (tertiary/aromatic N) is 1. The zero-order valence-corrected chi connectivity index (χ0v) is 11.2. The first-order valence-corrected chi connectivity index (χ1v) is 6.55. The van der Waals surface area contributed by atoms with E-state index in [4.69, 9.17) is 11.5 Å². The molecule has 0 aliphatic carbocycles. The lowest BCUT2D eigenvalue weighted by Crippen LogP contribution is -2.39. The molecule has 1 fully saturated rings. The van der Waals surface area contributed by atoms with Crippen molar-refractivity contribution in [1.82, 2.24) is 9.88 Å². The maximum absolute atomic E-state index is 13.7. The van der Waals surface area contributed by atoms with Crippen LogP contribution >= 0.6 is 0 Å². The highest BCUT2D eigenvalue weighted by atomic mass is 19.1. The number of hydrogen-bond donors (Lipinski definition) is 3. The number of aromatic nitrogens is 1. The fraction of sp³-hybridized carbons (Fsp3) is 0.357. The molecule has 1 saturated heterocycles. The van der Waals surface area contributed by atoms with Gasteiger partial charge in [0.25, 0.3) is 5.91 Å². The number of benzene rings is 1. The molecule has 2 atom stereocenters. The zero-order chi connectivity index (χ0) is 14.4. The van der Waals surface area contributed by atoms with Crippen LogP contribution in [-0.2, 0) is 0 Å². The number of amides is 1. The Bertz CT molecular complexity index is 632. The van der Waals surface area contributed by atoms with Crippen LogP contribution in [-0.4, -0.2) is 41.0 Å². The van der Waals surface area contributed by atoms with Crippen LogP contribution in [0.1, 0.15) is 16.1 Å². The Morgan fingerprint density at radius 2 is 2.00 bits per heavy atom. The number of likely N-dealkylation sites (tertiary alicyclic amines) is 1. The van der Waals surface area contributed by atoms with Gasteiger partial charge in [-0.05, 0) is 24.6 Å². The third kappa shape index (κ3) is 1.97. The van der Waals surface area contributed by atoms with Gasteiger partial charge in [-0.2, -0.15) is 0 Å². The number of halogens is 1. The van der Waals surface area contributed by atoms with E-state index in [2.05, 4.69) is 4.98 Å². The van der Waals surface area contributed by atoms with Gasteiger partial charge in [-0.15, -0.1) is 0 Å². The molecule has 20 heavy (non-hydrogen) atoms. The first kappa shape index (κ1) is 13.1. The highest BCUT2D eigenvalue weighted by Gasteiger charge is 2.31. The van der Waals surface area contributed by atoms with Crippen molar-refractivity contribution in [3.63, 3.8) is 0 Å². The van der Waals surface area contributed by atoms with E-state index < -0.39 is 0 Å². The average molecular weight is 276 g/mol. The summed E-state index contributed by atoms with van der Waals surface area (Å²) in [7, 11) is 0. The van der Waals surface area contributed by atoms with Crippen molar-refractivity contribution in [3.05, 3.63) is 35.3 Å². The fourth-order valence-electron chi connectivity index (χ4n) is 2.63. The Morgan fingerprint density at radius 3 is 2.60 bits per heavy atom. The zero-order valence-electron chi connectivity index (χ0n) is 11.2. The highest BCUT2D eigenvalue weighted by molar-refractivity contribution is 5.99. The van der Waals surface area contributed by atoms with Crippen molar-refractivity contribution in [2.75, 3.05) is 13.1 Å². The topological polar surface area (TPSA) is 88.1 Å². The summed E-state index contributed by atoms with van der Waals surface area (Å²) in [5, 5.41) is 0.723. The van der Waals surface area contributed by atoms with Crippen LogP contribution in [0.5, 0.6) is 0 Å². The molecule has 2 aromatic rings. The molecule has 1 aromatic heterocycles. The second-order valence-electron chi connectivity index (χ2n) is 5.37. The summed E-state index contributed by atoms with van der Waals surface area (Å²) in [5.74, 6) is -0.553. The summed E-state index contributed by atoms with van der Waals surface area (Å²) in [6.45, 7) is 2.74. The number of H-pyrrole nitrogens is 1. The molecule has 0 saturated carbocycles. The molecule has 0 radical (unpaired) electrons. The molecule has 106 valence electrons. The summed E-state index contributed by atoms with van der Waals surface area (Å²) in [5.41, 5.74) is 13.3. The fourth-order valence-corrected chi connectivity index (χ4v) is 2.63. The highest BCUT2D eigenvalue weighted by Crippen LogP contribution is 2.23. The van der Waals surface area contributed by atoms with E-state index in [1.807, 2.05) is 6.92 Å². The van der Waals surface area contributed by atoms with E-state index in [0.29, 0.717) is 24.3 Å². The SMILES string of the molecule is Cc1ccc(F)c2[nH]c(C(=O)N3C[C@@H](N)[C@H](N)C3)cc12. The van der Waals surface area contributed by atoms with Crippen LogP contribution in [0.2, 0.25) is 0 Å². The largest absolute Gasteiger partial charge is 0.348 e. The molecule has 1 amide bonds. The molecule has 6 heteroatoms. The number of carbonyl (C=O) groups is 1. The molecule has 1 aliphatic heterocycles. The predicted molar refractivity (Wildman–Crippen MR) is 74.8 cm³/mol. The molecule has 0 spiro atoms. The normalized spacial score (nSPS) is 22.7. The third-order valence-electron chi connectivity index (χ3n) is 3.89. The summed E-state index contributed by atoms with van der Waals surface area (Å²) in [4.78, 5) is 16.9. The van der Waals surface area contributed by atoms with Crippen LogP contribution in [0.25, 0.3) is 10.9 Å². The van der Waals surface area contributed by atoms with Crippen molar-refractivity contribution in [3.8, 4) is 0 Å². The number of rotatable bonds is 1. The Balaban J connectivity index is 1.97. The first-order chi connectivity index (χ1) is 9.47. The lowest BCUT2D eigenvalue weighted by Gasteiger charge is -2.14. The lowest BCUT2D eigenvalue weighted by atomic mass is 10.1. The molecular weight excluding hydrogens is 259 g/mol. The number of aromatic amines is 1. The van der Waals surface area contributed by atoms with E-state index in [1.54, 1.807) is 17.0 Å². The number of aryl methyl sites for hydroxylation is 1. The molecule has 1 aromatic carbocycles. The third-order valence-corrected chi connectivity index (χ3v) is 3.89. The van der Waals surface area contributed by atoms with Gasteiger partial charge in [-0.1, -0.05) is 6.07 Å². The van der Waals surface area contributed by atoms with Gasteiger partial charge in [-0.25, -0.2) is 4.39 Å². The minimum absolute atomic E-state index is 0.191. The second kappa shape index (κ2) is 4.57. The Morgan fingerprint density at radius 1 is 1.35 bits per heavy atom. The van der Waals surface area contributed by atoms with Crippen LogP contribution < -0.4 is 11.5 Å². The molecule has 5 nitrogen and oxygen atoms in total. The summed E-state index contributed by atoms with van der Waals surface area (Å²) < 4.78 is 13.7. The Hall–Kier alpha value is -1.92. The van der Waals surface area contributed by atoms with E-state index in [0.717, 1.165) is 10.9 Å². The van der Waals surface area contributed by atoms with Crippen molar-refractivity contribution in [2.45, 2.75) is 19.0 Å². The number of hydrogen-bond acceptors (Lipinski definition) is 3. The number of nitrogens with one attached hydrogen (secondary N) is 1. The maximum atomic E-state index is 13.7. The molecule has 5 N–H and O–H groups in total. The predicted octanol–water partition coefficient (Wildman–Crippen LogP) is 0.726. The van der Waals surface area contributed by atoms with Crippen molar-refractivity contribution < 1.29 is 9.18 Å². The van der Waals surface area contributed by atoms with Gasteiger partial charge >= 0.3 is 0 Å². The van der Waals surface area contributed by atoms with E-state index >= 15 is 0 Å². The smallest absolute Gasteiger partial charge is 0.270 e. The molecule has 0 bridgehead atoms. The number of carbonyl (C=O) groups excluding carboxylic acids is 1. The molecule has 0 unspecified atom stereocenters. The van der Waals surface area contributed by atoms with Gasteiger partial charge in [0.2, 0.25) is 0 Å². The summed E-state index contributed by atoms with van der Waals surface area (Å²) in [6, 6.07) is 4.36. The van der Waals surface area contributed by atoms with Crippen LogP contribution in [0.4, 0.5) is 4.39 Å². The van der Waals surface area contributed by atoms with Gasteiger partial charge in [0.15, 0.2) is 0 Å². The summed E-state index contributed by atoms with van der Waals surface area (Å²) >= 11 is 0. The molecule has 3 rings (SSSR count). The van der Waals surface area contributed by atoms with Crippen LogP contribution in [0, 0.1) is 12.7 Å². The van der Waals surface area contributed by atoms with E-state index in [9.17, 15) is 9.18 Å². The van der Waals surface area contributed by atoms with Crippen molar-refractivity contribution in [1.29, 1.82) is 0 Å². The van der Waals surface area contributed by atoms with Gasteiger partial charge in [0, 0.05) is 30.6 Å². The van der Waals surface area contributed by atoms with Crippen LogP contribution in [0.3, 0.4) is 0 Å². The lowest BCUT2D eigenvalue weighted by molar-refractivity contribution is 0.0784. The van der Waals surface area contributed by atoms with Crippen molar-refractivity contribution >= 4 is 16.8 Å². The number of fused-ring (bicyclic) bond motifs is 1.